The van der Waals surface area contributed by atoms with Gasteiger partial charge in [-0.1, -0.05) is 20.8 Å². The Bertz CT molecular complexity index is 897. The second-order valence-electron chi connectivity index (χ2n) is 12.4. The molecule has 1 aromatic rings. The normalized spacial score (nSPS) is 35.5. The standard InChI is InChI=1S/C28H43O6Si/c1-26(2,3)24-23(30-4)10-9-22(25(24)32-35(5)6)28(31-12-8-7-11-29)27(33-34-28)20-14-18-13-19(16-20)17-21(27)15-18/h9-10,18-21,29H,7-8,11-17H2,1-6H3. The molecule has 1 N–H and O–H groups in total. The number of ether oxygens (including phenoxy) is 2. The van der Waals surface area contributed by atoms with Gasteiger partial charge in [-0.15, -0.1) is 0 Å². The van der Waals surface area contributed by atoms with Gasteiger partial charge in [-0.05, 0) is 99.3 Å². The van der Waals surface area contributed by atoms with Crippen molar-refractivity contribution in [2.45, 2.75) is 95.6 Å². The number of aliphatic hydroxyl groups is 1. The molecule has 1 radical (unpaired) electrons. The van der Waals surface area contributed by atoms with E-state index in [9.17, 15) is 5.11 Å². The highest BCUT2D eigenvalue weighted by Gasteiger charge is 2.77. The van der Waals surface area contributed by atoms with Crippen molar-refractivity contribution in [1.82, 2.24) is 0 Å². The maximum absolute atomic E-state index is 9.38. The summed E-state index contributed by atoms with van der Waals surface area (Å²) in [6, 6.07) is 4.14. The maximum atomic E-state index is 9.38. The Labute approximate surface area is 212 Å². The number of methoxy groups -OCH3 is 1. The first-order valence-electron chi connectivity index (χ1n) is 13.5. The Kier molecular flexibility index (Phi) is 6.80. The molecule has 1 aliphatic heterocycles. The molecule has 5 aliphatic rings. The average molecular weight is 504 g/mol. The molecule has 4 bridgehead atoms. The van der Waals surface area contributed by atoms with Crippen molar-refractivity contribution in [3.05, 3.63) is 23.3 Å². The minimum atomic E-state index is -1.09. The predicted octanol–water partition coefficient (Wildman–Crippen LogP) is 5.72. The molecule has 1 spiro atoms. The molecule has 4 aliphatic carbocycles. The van der Waals surface area contributed by atoms with Gasteiger partial charge < -0.3 is 19.0 Å². The van der Waals surface area contributed by atoms with Crippen LogP contribution >= 0.6 is 0 Å². The Hall–Kier alpha value is -1.12. The molecule has 0 aromatic heterocycles. The van der Waals surface area contributed by atoms with Gasteiger partial charge in [-0.3, -0.25) is 0 Å². The van der Waals surface area contributed by atoms with Gasteiger partial charge in [0.1, 0.15) is 11.5 Å². The highest BCUT2D eigenvalue weighted by Crippen LogP contribution is 2.70. The molecule has 1 atom stereocenters. The number of hydrogen-bond donors (Lipinski definition) is 1. The number of rotatable bonds is 9. The van der Waals surface area contributed by atoms with Crippen molar-refractivity contribution in [2.24, 2.45) is 23.7 Å². The largest absolute Gasteiger partial charge is 0.542 e. The minimum absolute atomic E-state index is 0.163. The van der Waals surface area contributed by atoms with Crippen molar-refractivity contribution in [3.63, 3.8) is 0 Å². The minimum Gasteiger partial charge on any atom is -0.542 e. The molecular weight excluding hydrogens is 460 g/mol. The van der Waals surface area contributed by atoms with Gasteiger partial charge in [0, 0.05) is 12.2 Å². The maximum Gasteiger partial charge on any atom is 0.274 e. The van der Waals surface area contributed by atoms with E-state index in [2.05, 4.69) is 39.9 Å². The van der Waals surface area contributed by atoms with E-state index in [0.29, 0.717) is 24.9 Å². The lowest BCUT2D eigenvalue weighted by Gasteiger charge is -2.69. The van der Waals surface area contributed by atoms with Crippen molar-refractivity contribution in [2.75, 3.05) is 20.3 Å². The molecule has 1 saturated heterocycles. The Morgan fingerprint density at radius 1 is 1.00 bits per heavy atom. The Morgan fingerprint density at radius 2 is 1.66 bits per heavy atom. The molecule has 7 heteroatoms. The number of aliphatic hydroxyl groups excluding tert-OH is 1. The van der Waals surface area contributed by atoms with Gasteiger partial charge in [-0.25, -0.2) is 4.89 Å². The molecule has 0 amide bonds. The molecular formula is C28H43O6Si. The molecule has 35 heavy (non-hydrogen) atoms. The van der Waals surface area contributed by atoms with E-state index in [4.69, 9.17) is 23.7 Å². The lowest BCUT2D eigenvalue weighted by molar-refractivity contribution is -0.648. The third-order valence-electron chi connectivity index (χ3n) is 8.77. The van der Waals surface area contributed by atoms with E-state index in [1.165, 1.54) is 32.1 Å². The molecule has 1 heterocycles. The van der Waals surface area contributed by atoms with Gasteiger partial charge in [0.05, 0.1) is 19.3 Å². The molecule has 195 valence electrons. The topological polar surface area (TPSA) is 66.4 Å². The quantitative estimate of drug-likeness (QED) is 0.264. The summed E-state index contributed by atoms with van der Waals surface area (Å²) in [5, 5.41) is 9.38. The molecule has 5 fully saturated rings. The first kappa shape index (κ1) is 25.5. The fourth-order valence-corrected chi connectivity index (χ4v) is 8.31. The number of benzene rings is 1. The van der Waals surface area contributed by atoms with E-state index in [0.717, 1.165) is 40.9 Å². The molecule has 6 nitrogen and oxygen atoms in total. The molecule has 6 rings (SSSR count). The zero-order valence-electron chi connectivity index (χ0n) is 22.3. The van der Waals surface area contributed by atoms with Crippen LogP contribution in [0, 0.1) is 23.7 Å². The van der Waals surface area contributed by atoms with Crippen molar-refractivity contribution < 1.29 is 28.8 Å². The summed E-state index contributed by atoms with van der Waals surface area (Å²) in [5.74, 6) is 3.11. The molecule has 1 unspecified atom stereocenters. The van der Waals surface area contributed by atoms with Gasteiger partial charge in [-0.2, -0.15) is 4.89 Å². The zero-order chi connectivity index (χ0) is 25.0. The first-order chi connectivity index (χ1) is 16.7. The van der Waals surface area contributed by atoms with Crippen LogP contribution in [0.2, 0.25) is 13.1 Å². The van der Waals surface area contributed by atoms with Crippen LogP contribution in [0.15, 0.2) is 12.1 Å². The Balaban J connectivity index is 1.67. The number of unbranched alkanes of at least 4 members (excludes halogenated alkanes) is 1. The summed E-state index contributed by atoms with van der Waals surface area (Å²) >= 11 is 0. The summed E-state index contributed by atoms with van der Waals surface area (Å²) in [6.45, 7) is 11.6. The van der Waals surface area contributed by atoms with Crippen LogP contribution in [0.25, 0.3) is 0 Å². The summed E-state index contributed by atoms with van der Waals surface area (Å²) in [7, 11) is 0.634. The van der Waals surface area contributed by atoms with E-state index in [1.54, 1.807) is 7.11 Å². The third-order valence-corrected chi connectivity index (χ3v) is 9.38. The zero-order valence-corrected chi connectivity index (χ0v) is 23.3. The van der Waals surface area contributed by atoms with E-state index < -0.39 is 20.4 Å². The van der Waals surface area contributed by atoms with Crippen molar-refractivity contribution in [1.29, 1.82) is 0 Å². The highest BCUT2D eigenvalue weighted by molar-refractivity contribution is 6.49. The van der Waals surface area contributed by atoms with Gasteiger partial charge in [0.15, 0.2) is 5.60 Å². The van der Waals surface area contributed by atoms with Crippen molar-refractivity contribution >= 4 is 9.04 Å². The smallest absolute Gasteiger partial charge is 0.274 e. The number of hydrogen-bond acceptors (Lipinski definition) is 6. The Morgan fingerprint density at radius 3 is 2.14 bits per heavy atom. The van der Waals surface area contributed by atoms with Crippen LogP contribution < -0.4 is 9.16 Å². The molecule has 4 saturated carbocycles. The first-order valence-corrected chi connectivity index (χ1v) is 15.9. The van der Waals surface area contributed by atoms with Crippen LogP contribution in [0.3, 0.4) is 0 Å². The second kappa shape index (κ2) is 9.32. The summed E-state index contributed by atoms with van der Waals surface area (Å²) in [6.07, 6.45) is 7.60. The van der Waals surface area contributed by atoms with Crippen LogP contribution in [0.5, 0.6) is 11.5 Å². The monoisotopic (exact) mass is 503 g/mol. The van der Waals surface area contributed by atoms with Crippen LogP contribution in [-0.4, -0.2) is 40.1 Å². The van der Waals surface area contributed by atoms with Gasteiger partial charge in [0.2, 0.25) is 0 Å². The predicted molar refractivity (Wildman–Crippen MR) is 136 cm³/mol. The summed E-state index contributed by atoms with van der Waals surface area (Å²) in [5.41, 5.74) is 1.30. The van der Waals surface area contributed by atoms with E-state index >= 15 is 0 Å². The van der Waals surface area contributed by atoms with Crippen LogP contribution in [-0.2, 0) is 25.7 Å². The van der Waals surface area contributed by atoms with E-state index in [1.807, 2.05) is 6.07 Å². The highest BCUT2D eigenvalue weighted by atomic mass is 28.3. The lowest BCUT2D eigenvalue weighted by Crippen LogP contribution is -2.76. The van der Waals surface area contributed by atoms with Crippen molar-refractivity contribution in [3.8, 4) is 11.5 Å². The van der Waals surface area contributed by atoms with Gasteiger partial charge in [0.25, 0.3) is 14.8 Å². The summed E-state index contributed by atoms with van der Waals surface area (Å²) < 4.78 is 19.4. The average Bonchev–Trinajstić information content (AvgIpc) is 2.77. The van der Waals surface area contributed by atoms with Gasteiger partial charge >= 0.3 is 0 Å². The molecule has 1 aromatic carbocycles. The summed E-state index contributed by atoms with van der Waals surface area (Å²) in [4.78, 5) is 12.5. The SMILES string of the molecule is COc1ccc(C2(OCCCCO)OOC23C2CC4CC(C2)CC3C4)c(O[Si](C)C)c1C(C)(C)C. The lowest BCUT2D eigenvalue weighted by atomic mass is 9.47. The van der Waals surface area contributed by atoms with Crippen LogP contribution in [0.1, 0.15) is 76.8 Å². The van der Waals surface area contributed by atoms with E-state index in [-0.39, 0.29) is 12.0 Å². The second-order valence-corrected chi connectivity index (χ2v) is 14.5. The fourth-order valence-electron chi connectivity index (χ4n) is 7.69. The fraction of sp³-hybridized carbons (Fsp3) is 0.786. The van der Waals surface area contributed by atoms with Crippen LogP contribution in [0.4, 0.5) is 0 Å². The third kappa shape index (κ3) is 3.97.